The Kier molecular flexibility index (Phi) is 2.08. The Bertz CT molecular complexity index is 685. The SMILES string of the molecule is O=c1ccn(-c2cccnc2)c2ccsc12. The molecule has 3 nitrogen and oxygen atoms in total. The molecule has 0 radical (unpaired) electrons. The van der Waals surface area contributed by atoms with E-state index in [1.165, 1.54) is 11.3 Å². The fourth-order valence-corrected chi connectivity index (χ4v) is 2.50. The van der Waals surface area contributed by atoms with Crippen LogP contribution in [0, 0.1) is 0 Å². The average molecular weight is 228 g/mol. The van der Waals surface area contributed by atoms with E-state index in [4.69, 9.17) is 0 Å². The van der Waals surface area contributed by atoms with Gasteiger partial charge in [-0.3, -0.25) is 9.78 Å². The maximum atomic E-state index is 11.6. The van der Waals surface area contributed by atoms with Crippen molar-refractivity contribution in [2.24, 2.45) is 0 Å². The molecule has 3 heterocycles. The molecule has 78 valence electrons. The van der Waals surface area contributed by atoms with Gasteiger partial charge in [-0.25, -0.2) is 0 Å². The smallest absolute Gasteiger partial charge is 0.199 e. The largest absolute Gasteiger partial charge is 0.314 e. The van der Waals surface area contributed by atoms with E-state index in [1.807, 2.05) is 28.1 Å². The first-order valence-electron chi connectivity index (χ1n) is 4.85. The molecule has 0 unspecified atom stereocenters. The number of rotatable bonds is 1. The molecule has 0 fully saturated rings. The van der Waals surface area contributed by atoms with E-state index in [1.54, 1.807) is 24.7 Å². The first kappa shape index (κ1) is 9.30. The number of thiophene rings is 1. The van der Waals surface area contributed by atoms with E-state index in [9.17, 15) is 4.79 Å². The fourth-order valence-electron chi connectivity index (χ4n) is 1.70. The summed E-state index contributed by atoms with van der Waals surface area (Å²) in [6, 6.07) is 7.39. The Labute approximate surface area is 95.6 Å². The normalized spacial score (nSPS) is 10.8. The minimum atomic E-state index is 0.0742. The molecule has 3 aromatic rings. The van der Waals surface area contributed by atoms with E-state index < -0.39 is 0 Å². The predicted molar refractivity (Wildman–Crippen MR) is 65.2 cm³/mol. The second kappa shape index (κ2) is 3.57. The van der Waals surface area contributed by atoms with Crippen LogP contribution in [0.5, 0.6) is 0 Å². The van der Waals surface area contributed by atoms with Crippen LogP contribution in [0.25, 0.3) is 15.9 Å². The molecule has 0 atom stereocenters. The highest BCUT2D eigenvalue weighted by molar-refractivity contribution is 7.17. The molecule has 3 rings (SSSR count). The molecule has 0 amide bonds. The molecule has 0 aliphatic rings. The molecule has 0 aliphatic heterocycles. The lowest BCUT2D eigenvalue weighted by molar-refractivity contribution is 1.08. The third-order valence-electron chi connectivity index (χ3n) is 2.43. The Morgan fingerprint density at radius 1 is 1.25 bits per heavy atom. The lowest BCUT2D eigenvalue weighted by Crippen LogP contribution is -2.04. The second-order valence-electron chi connectivity index (χ2n) is 3.40. The standard InChI is InChI=1S/C12H8N2OS/c15-11-3-6-14(9-2-1-5-13-8-9)10-4-7-16-12(10)11/h1-8H. The molecule has 16 heavy (non-hydrogen) atoms. The summed E-state index contributed by atoms with van der Waals surface area (Å²) in [6.07, 6.45) is 5.30. The topological polar surface area (TPSA) is 34.9 Å². The molecule has 0 aliphatic carbocycles. The van der Waals surface area contributed by atoms with Crippen molar-refractivity contribution in [2.45, 2.75) is 0 Å². The van der Waals surface area contributed by atoms with Crippen molar-refractivity contribution in [3.63, 3.8) is 0 Å². The van der Waals surface area contributed by atoms with Crippen LogP contribution in [-0.2, 0) is 0 Å². The molecule has 0 spiro atoms. The summed E-state index contributed by atoms with van der Waals surface area (Å²) >= 11 is 1.47. The van der Waals surface area contributed by atoms with Gasteiger partial charge in [-0.05, 0) is 23.6 Å². The second-order valence-corrected chi connectivity index (χ2v) is 4.31. The van der Waals surface area contributed by atoms with E-state index in [2.05, 4.69) is 4.98 Å². The third kappa shape index (κ3) is 1.35. The molecule has 3 aromatic heterocycles. The zero-order chi connectivity index (χ0) is 11.0. The lowest BCUT2D eigenvalue weighted by atomic mass is 10.3. The van der Waals surface area contributed by atoms with Gasteiger partial charge in [0.1, 0.15) is 0 Å². The molecule has 0 bridgehead atoms. The fraction of sp³-hybridized carbons (Fsp3) is 0. The monoisotopic (exact) mass is 228 g/mol. The Morgan fingerprint density at radius 2 is 2.19 bits per heavy atom. The summed E-state index contributed by atoms with van der Waals surface area (Å²) in [4.78, 5) is 15.7. The highest BCUT2D eigenvalue weighted by Gasteiger charge is 2.04. The van der Waals surface area contributed by atoms with E-state index in [0.717, 1.165) is 15.9 Å². The molecule has 0 saturated heterocycles. The van der Waals surface area contributed by atoms with Crippen molar-refractivity contribution in [3.05, 3.63) is 58.5 Å². The van der Waals surface area contributed by atoms with Gasteiger partial charge in [0.25, 0.3) is 0 Å². The van der Waals surface area contributed by atoms with E-state index in [0.29, 0.717) is 0 Å². The van der Waals surface area contributed by atoms with Crippen LogP contribution in [0.3, 0.4) is 0 Å². The van der Waals surface area contributed by atoms with E-state index in [-0.39, 0.29) is 5.43 Å². The molecule has 0 saturated carbocycles. The first-order chi connectivity index (χ1) is 7.86. The zero-order valence-electron chi connectivity index (χ0n) is 8.33. The average Bonchev–Trinajstić information content (AvgIpc) is 2.81. The van der Waals surface area contributed by atoms with Crippen molar-refractivity contribution >= 4 is 21.6 Å². The van der Waals surface area contributed by atoms with Gasteiger partial charge in [0.15, 0.2) is 5.43 Å². The first-order valence-corrected chi connectivity index (χ1v) is 5.73. The lowest BCUT2D eigenvalue weighted by Gasteiger charge is -2.06. The van der Waals surface area contributed by atoms with Crippen molar-refractivity contribution in [1.29, 1.82) is 0 Å². The van der Waals surface area contributed by atoms with Gasteiger partial charge in [-0.2, -0.15) is 0 Å². The number of aromatic nitrogens is 2. The summed E-state index contributed by atoms with van der Waals surface area (Å²) < 4.78 is 2.76. The predicted octanol–water partition coefficient (Wildman–Crippen LogP) is 2.45. The van der Waals surface area contributed by atoms with Crippen LogP contribution >= 0.6 is 11.3 Å². The number of nitrogens with zero attached hydrogens (tertiary/aromatic N) is 2. The van der Waals surface area contributed by atoms with Crippen LogP contribution in [-0.4, -0.2) is 9.55 Å². The Morgan fingerprint density at radius 3 is 3.00 bits per heavy atom. The van der Waals surface area contributed by atoms with Gasteiger partial charge >= 0.3 is 0 Å². The van der Waals surface area contributed by atoms with Crippen LogP contribution in [0.15, 0.2) is 53.0 Å². The van der Waals surface area contributed by atoms with Crippen molar-refractivity contribution < 1.29 is 0 Å². The quantitative estimate of drug-likeness (QED) is 0.641. The maximum absolute atomic E-state index is 11.6. The minimum Gasteiger partial charge on any atom is -0.314 e. The molecular formula is C12H8N2OS. The van der Waals surface area contributed by atoms with Crippen LogP contribution in [0.1, 0.15) is 0 Å². The minimum absolute atomic E-state index is 0.0742. The molecular weight excluding hydrogens is 220 g/mol. The highest BCUT2D eigenvalue weighted by Crippen LogP contribution is 2.19. The van der Waals surface area contributed by atoms with E-state index >= 15 is 0 Å². The summed E-state index contributed by atoms with van der Waals surface area (Å²) in [6.45, 7) is 0. The number of pyridine rings is 2. The summed E-state index contributed by atoms with van der Waals surface area (Å²) in [5.41, 5.74) is 1.97. The van der Waals surface area contributed by atoms with Gasteiger partial charge < -0.3 is 4.57 Å². The summed E-state index contributed by atoms with van der Waals surface area (Å²) in [5.74, 6) is 0. The Balaban J connectivity index is 2.37. The number of hydrogen-bond donors (Lipinski definition) is 0. The van der Waals surface area contributed by atoms with Gasteiger partial charge in [0.2, 0.25) is 0 Å². The van der Waals surface area contributed by atoms with Gasteiger partial charge in [-0.1, -0.05) is 0 Å². The number of fused-ring (bicyclic) bond motifs is 1. The Hall–Kier alpha value is -1.94. The molecule has 0 aromatic carbocycles. The van der Waals surface area contributed by atoms with Gasteiger partial charge in [0, 0.05) is 18.5 Å². The number of hydrogen-bond acceptors (Lipinski definition) is 3. The van der Waals surface area contributed by atoms with Crippen molar-refractivity contribution in [2.75, 3.05) is 0 Å². The van der Waals surface area contributed by atoms with Crippen molar-refractivity contribution in [1.82, 2.24) is 9.55 Å². The van der Waals surface area contributed by atoms with Crippen LogP contribution in [0.2, 0.25) is 0 Å². The maximum Gasteiger partial charge on any atom is 0.199 e. The van der Waals surface area contributed by atoms with Crippen LogP contribution < -0.4 is 5.43 Å². The van der Waals surface area contributed by atoms with Crippen LogP contribution in [0.4, 0.5) is 0 Å². The van der Waals surface area contributed by atoms with Gasteiger partial charge in [0.05, 0.1) is 22.1 Å². The third-order valence-corrected chi connectivity index (χ3v) is 3.35. The van der Waals surface area contributed by atoms with Gasteiger partial charge in [-0.15, -0.1) is 11.3 Å². The van der Waals surface area contributed by atoms with Crippen molar-refractivity contribution in [3.8, 4) is 5.69 Å². The molecule has 4 heteroatoms. The summed E-state index contributed by atoms with van der Waals surface area (Å²) in [5, 5.41) is 1.93. The summed E-state index contributed by atoms with van der Waals surface area (Å²) in [7, 11) is 0. The zero-order valence-corrected chi connectivity index (χ0v) is 9.15. The highest BCUT2D eigenvalue weighted by atomic mass is 32.1. The molecule has 0 N–H and O–H groups in total.